The summed E-state index contributed by atoms with van der Waals surface area (Å²) in [5.74, 6) is 0. The second kappa shape index (κ2) is 12.3. The third-order valence-electron chi connectivity index (χ3n) is 2.78. The average molecular weight is 247 g/mol. The van der Waals surface area contributed by atoms with Crippen molar-refractivity contribution in [3.05, 3.63) is 0 Å². The molecule has 17 heavy (non-hydrogen) atoms. The molecule has 0 radical (unpaired) electrons. The van der Waals surface area contributed by atoms with Gasteiger partial charge in [-0.05, 0) is 39.2 Å². The Morgan fingerprint density at radius 2 is 1.59 bits per heavy atom. The van der Waals surface area contributed by atoms with Crippen LogP contribution in [0.15, 0.2) is 0 Å². The number of unbranched alkanes of at least 4 members (excludes halogenated alkanes) is 1. The van der Waals surface area contributed by atoms with Gasteiger partial charge in [-0.3, -0.25) is 0 Å². The zero-order valence-corrected chi connectivity index (χ0v) is 11.7. The Morgan fingerprint density at radius 1 is 0.941 bits per heavy atom. The maximum absolute atomic E-state index is 9.18. The van der Waals surface area contributed by atoms with Gasteiger partial charge in [-0.15, -0.1) is 0 Å². The molecule has 0 aliphatic rings. The van der Waals surface area contributed by atoms with Gasteiger partial charge in [0.05, 0.1) is 12.7 Å². The van der Waals surface area contributed by atoms with E-state index in [2.05, 4.69) is 4.90 Å². The Hall–Kier alpha value is -0.160. The molecule has 0 spiro atoms. The Kier molecular flexibility index (Phi) is 12.2. The smallest absolute Gasteiger partial charge is 0.0589 e. The van der Waals surface area contributed by atoms with E-state index >= 15 is 0 Å². The fourth-order valence-electron chi connectivity index (χ4n) is 1.76. The molecule has 0 aromatic heterocycles. The van der Waals surface area contributed by atoms with Gasteiger partial charge in [0, 0.05) is 33.9 Å². The first kappa shape index (κ1) is 16.8. The van der Waals surface area contributed by atoms with Crippen LogP contribution in [0, 0.1) is 0 Å². The first-order valence-electron chi connectivity index (χ1n) is 6.59. The molecule has 0 aliphatic carbocycles. The minimum Gasteiger partial charge on any atom is -0.393 e. The van der Waals surface area contributed by atoms with Crippen molar-refractivity contribution in [3.63, 3.8) is 0 Å². The summed E-state index contributed by atoms with van der Waals surface area (Å²) >= 11 is 0. The van der Waals surface area contributed by atoms with Crippen molar-refractivity contribution in [2.75, 3.05) is 47.1 Å². The Bertz CT molecular complexity index is 154. The summed E-state index contributed by atoms with van der Waals surface area (Å²) < 4.78 is 10.2. The molecule has 104 valence electrons. The second-order valence-electron chi connectivity index (χ2n) is 4.53. The normalized spacial score (nSPS) is 13.2. The van der Waals surface area contributed by atoms with Crippen molar-refractivity contribution < 1.29 is 14.6 Å². The molecule has 4 nitrogen and oxygen atoms in total. The lowest BCUT2D eigenvalue weighted by atomic mass is 10.1. The Morgan fingerprint density at radius 3 is 2.18 bits per heavy atom. The third kappa shape index (κ3) is 12.1. The van der Waals surface area contributed by atoms with E-state index in [9.17, 15) is 5.11 Å². The van der Waals surface area contributed by atoms with Crippen LogP contribution >= 0.6 is 0 Å². The third-order valence-corrected chi connectivity index (χ3v) is 2.78. The van der Waals surface area contributed by atoms with Gasteiger partial charge in [0.15, 0.2) is 0 Å². The van der Waals surface area contributed by atoms with E-state index in [1.807, 2.05) is 6.92 Å². The fraction of sp³-hybridized carbons (Fsp3) is 1.00. The number of rotatable bonds is 12. The van der Waals surface area contributed by atoms with Crippen molar-refractivity contribution in [1.29, 1.82) is 0 Å². The van der Waals surface area contributed by atoms with Crippen molar-refractivity contribution in [2.24, 2.45) is 0 Å². The highest BCUT2D eigenvalue weighted by molar-refractivity contribution is 4.59. The van der Waals surface area contributed by atoms with Gasteiger partial charge < -0.3 is 19.5 Å². The molecule has 0 aliphatic heterocycles. The lowest BCUT2D eigenvalue weighted by molar-refractivity contribution is 0.129. The monoisotopic (exact) mass is 247 g/mol. The molecular weight excluding hydrogens is 218 g/mol. The first-order valence-corrected chi connectivity index (χ1v) is 6.59. The zero-order valence-electron chi connectivity index (χ0n) is 11.7. The van der Waals surface area contributed by atoms with E-state index < -0.39 is 0 Å². The molecule has 0 amide bonds. The number of aliphatic hydroxyl groups excluding tert-OH is 1. The van der Waals surface area contributed by atoms with Crippen molar-refractivity contribution in [3.8, 4) is 0 Å². The summed E-state index contributed by atoms with van der Waals surface area (Å²) in [6.07, 6.45) is 4.02. The highest BCUT2D eigenvalue weighted by atomic mass is 16.5. The number of aliphatic hydroxyl groups is 1. The largest absolute Gasteiger partial charge is 0.393 e. The molecule has 0 aromatic carbocycles. The fourth-order valence-corrected chi connectivity index (χ4v) is 1.76. The van der Waals surface area contributed by atoms with Gasteiger partial charge in [-0.25, -0.2) is 0 Å². The van der Waals surface area contributed by atoms with Gasteiger partial charge >= 0.3 is 0 Å². The second-order valence-corrected chi connectivity index (χ2v) is 4.53. The molecule has 0 rings (SSSR count). The highest BCUT2D eigenvalue weighted by Crippen LogP contribution is 2.03. The average Bonchev–Trinajstić information content (AvgIpc) is 2.30. The molecule has 0 saturated carbocycles. The van der Waals surface area contributed by atoms with Crippen molar-refractivity contribution >= 4 is 0 Å². The zero-order chi connectivity index (χ0) is 12.9. The summed E-state index contributed by atoms with van der Waals surface area (Å²) in [7, 11) is 3.48. The molecule has 1 unspecified atom stereocenters. The lowest BCUT2D eigenvalue weighted by Crippen LogP contribution is -2.30. The van der Waals surface area contributed by atoms with Crippen LogP contribution in [-0.4, -0.2) is 63.2 Å². The van der Waals surface area contributed by atoms with Crippen LogP contribution in [0.3, 0.4) is 0 Å². The van der Waals surface area contributed by atoms with E-state index in [1.54, 1.807) is 14.2 Å². The van der Waals surface area contributed by atoms with Crippen molar-refractivity contribution in [2.45, 2.75) is 38.7 Å². The van der Waals surface area contributed by atoms with Gasteiger partial charge in [0.2, 0.25) is 0 Å². The van der Waals surface area contributed by atoms with E-state index in [1.165, 1.54) is 0 Å². The van der Waals surface area contributed by atoms with Crippen LogP contribution in [0.1, 0.15) is 32.6 Å². The predicted octanol–water partition coefficient (Wildman–Crippen LogP) is 1.52. The highest BCUT2D eigenvalue weighted by Gasteiger charge is 2.04. The number of hydrogen-bond donors (Lipinski definition) is 1. The number of ether oxygens (including phenoxy) is 2. The summed E-state index contributed by atoms with van der Waals surface area (Å²) in [5.41, 5.74) is 0. The number of methoxy groups -OCH3 is 2. The Balaban J connectivity index is 3.60. The predicted molar refractivity (Wildman–Crippen MR) is 70.3 cm³/mol. The van der Waals surface area contributed by atoms with Gasteiger partial charge in [-0.1, -0.05) is 0 Å². The summed E-state index contributed by atoms with van der Waals surface area (Å²) in [4.78, 5) is 2.41. The lowest BCUT2D eigenvalue weighted by Gasteiger charge is -2.21. The van der Waals surface area contributed by atoms with Crippen LogP contribution < -0.4 is 0 Å². The van der Waals surface area contributed by atoms with Crippen LogP contribution in [0.2, 0.25) is 0 Å². The van der Waals surface area contributed by atoms with Gasteiger partial charge in [0.25, 0.3) is 0 Å². The minimum atomic E-state index is -0.170. The standard InChI is InChI=1S/C13H29NO3/c1-13(15)7-4-5-8-14(10-12-17-3)9-6-11-16-2/h13,15H,4-12H2,1-3H3. The molecule has 1 atom stereocenters. The molecule has 0 aromatic rings. The number of nitrogens with zero attached hydrogens (tertiary/aromatic N) is 1. The Labute approximate surface area is 106 Å². The van der Waals surface area contributed by atoms with Crippen molar-refractivity contribution in [1.82, 2.24) is 4.90 Å². The van der Waals surface area contributed by atoms with Crippen LogP contribution in [0.25, 0.3) is 0 Å². The molecule has 1 N–H and O–H groups in total. The number of hydrogen-bond acceptors (Lipinski definition) is 4. The summed E-state index contributed by atoms with van der Waals surface area (Å²) in [6.45, 7) is 6.57. The molecule has 0 saturated heterocycles. The maximum atomic E-state index is 9.18. The SMILES string of the molecule is COCCCN(CCCCC(C)O)CCOC. The van der Waals surface area contributed by atoms with Gasteiger partial charge in [0.1, 0.15) is 0 Å². The van der Waals surface area contributed by atoms with E-state index in [-0.39, 0.29) is 6.10 Å². The minimum absolute atomic E-state index is 0.170. The molecular formula is C13H29NO3. The van der Waals surface area contributed by atoms with E-state index in [0.29, 0.717) is 0 Å². The van der Waals surface area contributed by atoms with Crippen LogP contribution in [0.4, 0.5) is 0 Å². The van der Waals surface area contributed by atoms with Crippen LogP contribution in [0.5, 0.6) is 0 Å². The van der Waals surface area contributed by atoms with E-state index in [0.717, 1.165) is 58.5 Å². The summed E-state index contributed by atoms with van der Waals surface area (Å²) in [6, 6.07) is 0. The summed E-state index contributed by atoms with van der Waals surface area (Å²) in [5, 5.41) is 9.18. The first-order chi connectivity index (χ1) is 8.20. The van der Waals surface area contributed by atoms with Crippen LogP contribution in [-0.2, 0) is 9.47 Å². The molecule has 4 heteroatoms. The quantitative estimate of drug-likeness (QED) is 0.531. The van der Waals surface area contributed by atoms with E-state index in [4.69, 9.17) is 9.47 Å². The molecule has 0 fully saturated rings. The maximum Gasteiger partial charge on any atom is 0.0589 e. The van der Waals surface area contributed by atoms with Gasteiger partial charge in [-0.2, -0.15) is 0 Å². The topological polar surface area (TPSA) is 41.9 Å². The molecule has 0 heterocycles. The molecule has 0 bridgehead atoms.